The predicted molar refractivity (Wildman–Crippen MR) is 98.1 cm³/mol. The van der Waals surface area contributed by atoms with Crippen LogP contribution in [0.2, 0.25) is 0 Å². The van der Waals surface area contributed by atoms with Crippen LogP contribution in [0.15, 0.2) is 0 Å². The lowest BCUT2D eigenvalue weighted by atomic mass is 10.4. The summed E-state index contributed by atoms with van der Waals surface area (Å²) in [5.41, 5.74) is 5.43. The van der Waals surface area contributed by atoms with Crippen molar-refractivity contribution in [3.05, 3.63) is 0 Å². The third kappa shape index (κ3) is 13.9. The van der Waals surface area contributed by atoms with Crippen LogP contribution in [0, 0.1) is 0 Å². The van der Waals surface area contributed by atoms with Crippen LogP contribution in [-0.2, 0) is 0 Å². The summed E-state index contributed by atoms with van der Waals surface area (Å²) >= 11 is 0. The summed E-state index contributed by atoms with van der Waals surface area (Å²) in [6.07, 6.45) is 1.03. The first-order chi connectivity index (χ1) is 11.4. The van der Waals surface area contributed by atoms with Crippen LogP contribution < -0.4 is 34.9 Å². The van der Waals surface area contributed by atoms with Crippen LogP contribution in [0.3, 0.4) is 0 Å². The Bertz CT molecular complexity index is 255. The molecule has 0 heterocycles. The number of nitrogens with two attached hydrogens (primary N) is 6. The summed E-state index contributed by atoms with van der Waals surface area (Å²) < 4.78 is 0. The van der Waals surface area contributed by atoms with Crippen molar-refractivity contribution < 1.29 is 0 Å². The van der Waals surface area contributed by atoms with Crippen LogP contribution in [0.1, 0.15) is 13.3 Å². The van der Waals surface area contributed by atoms with Gasteiger partial charge in [-0.25, -0.2) is 25.0 Å². The Labute approximate surface area is 146 Å². The summed E-state index contributed by atoms with van der Waals surface area (Å²) in [5, 5.41) is 8.58. The van der Waals surface area contributed by atoms with Crippen molar-refractivity contribution >= 4 is 0 Å². The van der Waals surface area contributed by atoms with E-state index in [1.165, 1.54) is 0 Å². The van der Waals surface area contributed by atoms with Crippen molar-refractivity contribution in [2.75, 3.05) is 72.0 Å². The second-order valence-corrected chi connectivity index (χ2v) is 5.97. The number of hydrogen-bond acceptors (Lipinski definition) is 11. The molecular formula is C13H39N11. The maximum absolute atomic E-state index is 5.96. The molecule has 0 radical (unpaired) electrons. The normalized spacial score (nSPS) is 12.5. The van der Waals surface area contributed by atoms with Gasteiger partial charge in [-0.05, 0) is 6.42 Å². The Morgan fingerprint density at radius 2 is 0.708 bits per heavy atom. The fourth-order valence-corrected chi connectivity index (χ4v) is 2.04. The Morgan fingerprint density at radius 3 is 0.958 bits per heavy atom. The molecule has 0 aromatic heterocycles. The molecule has 0 amide bonds. The molecule has 24 heavy (non-hydrogen) atoms. The molecule has 0 fully saturated rings. The van der Waals surface area contributed by atoms with Crippen LogP contribution >= 0.6 is 0 Å². The summed E-state index contributed by atoms with van der Waals surface area (Å²) in [5.74, 6) is 29.4. The zero-order valence-electron chi connectivity index (χ0n) is 15.2. The highest BCUT2D eigenvalue weighted by Crippen LogP contribution is 1.88. The zero-order chi connectivity index (χ0) is 18.4. The predicted octanol–water partition coefficient (Wildman–Crippen LogP) is -3.77. The minimum absolute atomic E-state index is 0.535. The van der Waals surface area contributed by atoms with Gasteiger partial charge in [0.2, 0.25) is 0 Å². The maximum atomic E-state index is 5.96. The topological polar surface area (TPSA) is 172 Å². The van der Waals surface area contributed by atoms with E-state index in [4.69, 9.17) is 34.9 Å². The third-order valence-electron chi connectivity index (χ3n) is 3.62. The number of hydrazine groups is 5. The molecule has 0 spiro atoms. The lowest BCUT2D eigenvalue weighted by molar-refractivity contribution is 0.156. The molecule has 0 aliphatic heterocycles. The minimum Gasteiger partial charge on any atom is -0.329 e. The van der Waals surface area contributed by atoms with E-state index in [0.717, 1.165) is 19.5 Å². The van der Waals surface area contributed by atoms with Gasteiger partial charge in [0.15, 0.2) is 0 Å². The van der Waals surface area contributed by atoms with E-state index in [1.807, 2.05) is 0 Å². The standard InChI is InChI=1S/C13H39N11/c1-2-4-20(15)6-8-22(17)10-12-24(19)13-11-23(18)9-7-21(16)5-3-14/h2-19H2,1H3. The molecule has 0 aliphatic carbocycles. The molecule has 146 valence electrons. The first-order valence-electron chi connectivity index (χ1n) is 8.57. The first kappa shape index (κ1) is 23.6. The highest BCUT2D eigenvalue weighted by Gasteiger charge is 2.07. The Morgan fingerprint density at radius 1 is 0.458 bits per heavy atom. The monoisotopic (exact) mass is 349 g/mol. The highest BCUT2D eigenvalue weighted by atomic mass is 15.5. The van der Waals surface area contributed by atoms with Gasteiger partial charge < -0.3 is 5.73 Å². The van der Waals surface area contributed by atoms with Gasteiger partial charge in [-0.2, -0.15) is 0 Å². The van der Waals surface area contributed by atoms with Crippen LogP contribution in [0.4, 0.5) is 0 Å². The van der Waals surface area contributed by atoms with Crippen molar-refractivity contribution in [1.29, 1.82) is 0 Å². The SMILES string of the molecule is CCCN(N)CCN(N)CCN(N)CCN(N)CCN(N)CCN. The fraction of sp³-hybridized carbons (Fsp3) is 1.00. The van der Waals surface area contributed by atoms with E-state index in [2.05, 4.69) is 6.92 Å². The van der Waals surface area contributed by atoms with Gasteiger partial charge >= 0.3 is 0 Å². The average molecular weight is 350 g/mol. The molecule has 0 atom stereocenters. The van der Waals surface area contributed by atoms with E-state index >= 15 is 0 Å². The number of rotatable bonds is 16. The largest absolute Gasteiger partial charge is 0.329 e. The van der Waals surface area contributed by atoms with Gasteiger partial charge in [-0.1, -0.05) is 6.92 Å². The highest BCUT2D eigenvalue weighted by molar-refractivity contribution is 4.60. The van der Waals surface area contributed by atoms with Gasteiger partial charge in [-0.3, -0.25) is 29.2 Å². The van der Waals surface area contributed by atoms with Crippen molar-refractivity contribution in [3.63, 3.8) is 0 Å². The summed E-state index contributed by atoms with van der Waals surface area (Å²) in [6, 6.07) is 0. The Balaban J connectivity index is 3.68. The quantitative estimate of drug-likeness (QED) is 0.119. The fourth-order valence-electron chi connectivity index (χ4n) is 2.04. The smallest absolute Gasteiger partial charge is 0.0271 e. The molecule has 0 unspecified atom stereocenters. The summed E-state index contributed by atoms with van der Waals surface area (Å²) in [4.78, 5) is 0. The van der Waals surface area contributed by atoms with Crippen molar-refractivity contribution in [2.45, 2.75) is 13.3 Å². The van der Waals surface area contributed by atoms with Crippen LogP contribution in [0.5, 0.6) is 0 Å². The molecule has 0 rings (SSSR count). The van der Waals surface area contributed by atoms with Gasteiger partial charge in [0.25, 0.3) is 0 Å². The molecule has 0 saturated heterocycles. The second kappa shape index (κ2) is 14.9. The van der Waals surface area contributed by atoms with Gasteiger partial charge in [0, 0.05) is 72.0 Å². The summed E-state index contributed by atoms with van der Waals surface area (Å²) in [7, 11) is 0. The molecule has 12 N–H and O–H groups in total. The molecule has 0 saturated carbocycles. The van der Waals surface area contributed by atoms with Crippen LogP contribution in [-0.4, -0.2) is 97.0 Å². The average Bonchev–Trinajstić information content (AvgIpc) is 2.54. The molecule has 11 heteroatoms. The summed E-state index contributed by atoms with van der Waals surface area (Å²) in [6.45, 7) is 9.59. The van der Waals surface area contributed by atoms with E-state index in [1.54, 1.807) is 25.0 Å². The maximum Gasteiger partial charge on any atom is 0.0271 e. The minimum atomic E-state index is 0.535. The molecular weight excluding hydrogens is 310 g/mol. The van der Waals surface area contributed by atoms with E-state index in [-0.39, 0.29) is 0 Å². The van der Waals surface area contributed by atoms with Crippen molar-refractivity contribution in [2.24, 2.45) is 34.9 Å². The molecule has 0 aromatic carbocycles. The molecule has 0 aliphatic rings. The first-order valence-corrected chi connectivity index (χ1v) is 8.57. The van der Waals surface area contributed by atoms with Crippen LogP contribution in [0.25, 0.3) is 0 Å². The van der Waals surface area contributed by atoms with Crippen molar-refractivity contribution in [1.82, 2.24) is 25.0 Å². The lowest BCUT2D eigenvalue weighted by Gasteiger charge is -2.25. The number of nitrogens with zero attached hydrogens (tertiary/aromatic N) is 5. The van der Waals surface area contributed by atoms with Crippen molar-refractivity contribution in [3.8, 4) is 0 Å². The van der Waals surface area contributed by atoms with Gasteiger partial charge in [0.05, 0.1) is 0 Å². The molecule has 11 nitrogen and oxygen atoms in total. The Hall–Kier alpha value is -0.440. The zero-order valence-corrected chi connectivity index (χ0v) is 15.2. The van der Waals surface area contributed by atoms with E-state index < -0.39 is 0 Å². The number of hydrogen-bond donors (Lipinski definition) is 6. The third-order valence-corrected chi connectivity index (χ3v) is 3.62. The Kier molecular flexibility index (Phi) is 14.6. The van der Waals surface area contributed by atoms with E-state index in [9.17, 15) is 0 Å². The van der Waals surface area contributed by atoms with E-state index in [0.29, 0.717) is 58.9 Å². The molecule has 0 aromatic rings. The van der Waals surface area contributed by atoms with Gasteiger partial charge in [0.1, 0.15) is 0 Å². The molecule has 0 bridgehead atoms. The second-order valence-electron chi connectivity index (χ2n) is 5.97. The van der Waals surface area contributed by atoms with Gasteiger partial charge in [-0.15, -0.1) is 0 Å². The lowest BCUT2D eigenvalue weighted by Crippen LogP contribution is -2.49.